The second kappa shape index (κ2) is 7.57. The van der Waals surface area contributed by atoms with Crippen LogP contribution in [0.5, 0.6) is 0 Å². The number of hydrogen-bond donors (Lipinski definition) is 2. The molecule has 0 amide bonds. The number of nitrogens with zero attached hydrogens (tertiary/aromatic N) is 2. The molecule has 0 aliphatic carbocycles. The van der Waals surface area contributed by atoms with E-state index in [4.69, 9.17) is 10.2 Å². The highest BCUT2D eigenvalue weighted by Crippen LogP contribution is 2.35. The molecule has 0 spiro atoms. The fourth-order valence-corrected chi connectivity index (χ4v) is 4.23. The summed E-state index contributed by atoms with van der Waals surface area (Å²) in [6.45, 7) is 2.79. The second-order valence-electron chi connectivity index (χ2n) is 7.85. The van der Waals surface area contributed by atoms with Gasteiger partial charge in [0.15, 0.2) is 0 Å². The van der Waals surface area contributed by atoms with Gasteiger partial charge in [-0.2, -0.15) is 0 Å². The van der Waals surface area contributed by atoms with E-state index in [2.05, 4.69) is 16.0 Å². The molecule has 0 radical (unpaired) electrons. The fraction of sp³-hybridized carbons (Fsp3) is 0.261. The highest BCUT2D eigenvalue weighted by atomic mass is 16.5. The van der Waals surface area contributed by atoms with Crippen LogP contribution in [0, 0.1) is 5.21 Å². The summed E-state index contributed by atoms with van der Waals surface area (Å²) in [6.07, 6.45) is 5.61. The Morgan fingerprint density at radius 1 is 1.10 bits per heavy atom. The number of furan rings is 1. The number of quaternary nitrogens is 1. The van der Waals surface area contributed by atoms with Gasteiger partial charge in [0.05, 0.1) is 5.39 Å². The molecule has 2 aromatic heterocycles. The molecule has 3 heterocycles. The number of piperidine rings is 1. The molecule has 2 aromatic carbocycles. The van der Waals surface area contributed by atoms with Crippen LogP contribution in [-0.4, -0.2) is 29.0 Å². The number of fused-ring (bicyclic) bond motifs is 2. The van der Waals surface area contributed by atoms with Crippen molar-refractivity contribution >= 4 is 27.4 Å². The maximum Gasteiger partial charge on any atom is 0.139 e. The van der Waals surface area contributed by atoms with Crippen molar-refractivity contribution in [1.82, 2.24) is 9.88 Å². The predicted molar refractivity (Wildman–Crippen MR) is 114 cm³/mol. The van der Waals surface area contributed by atoms with Crippen LogP contribution < -0.4 is 11.2 Å². The standard InChI is InChI=1S/C23H24N4O2/c24-17-5-7-27(8-6-17)14-15-9-18-19(21(10-15)26-28)12-25-13-20(18)23-11-16-3-1-2-4-22(16)29-23/h1-4,9-13,17H,5-8,14,24,26H2. The highest BCUT2D eigenvalue weighted by Gasteiger charge is 2.18. The van der Waals surface area contributed by atoms with E-state index < -0.39 is 0 Å². The molecule has 0 bridgehead atoms. The van der Waals surface area contributed by atoms with Crippen LogP contribution in [0.3, 0.4) is 0 Å². The van der Waals surface area contributed by atoms with Gasteiger partial charge in [-0.05, 0) is 49.7 Å². The molecule has 1 aliphatic heterocycles. The number of likely N-dealkylation sites (tertiary alicyclic amines) is 1. The van der Waals surface area contributed by atoms with Crippen molar-refractivity contribution in [2.75, 3.05) is 13.1 Å². The number of hydrogen-bond acceptors (Lipinski definition) is 5. The Kier molecular flexibility index (Phi) is 4.77. The molecular weight excluding hydrogens is 364 g/mol. The zero-order valence-electron chi connectivity index (χ0n) is 16.2. The van der Waals surface area contributed by atoms with Crippen LogP contribution in [0.4, 0.5) is 5.69 Å². The van der Waals surface area contributed by atoms with Gasteiger partial charge < -0.3 is 20.8 Å². The maximum absolute atomic E-state index is 11.8. The van der Waals surface area contributed by atoms with Crippen molar-refractivity contribution in [3.05, 3.63) is 65.6 Å². The normalized spacial score (nSPS) is 16.1. The summed E-state index contributed by atoms with van der Waals surface area (Å²) in [5, 5.41) is 14.7. The minimum Gasteiger partial charge on any atom is -0.630 e. The summed E-state index contributed by atoms with van der Waals surface area (Å²) in [7, 11) is 0. The molecule has 4 N–H and O–H groups in total. The van der Waals surface area contributed by atoms with Gasteiger partial charge in [0.25, 0.3) is 0 Å². The summed E-state index contributed by atoms with van der Waals surface area (Å²) in [6, 6.07) is 14.4. The number of aromatic nitrogens is 1. The number of rotatable bonds is 4. The van der Waals surface area contributed by atoms with E-state index in [1.165, 1.54) is 0 Å². The molecule has 4 aromatic rings. The third-order valence-electron chi connectivity index (χ3n) is 5.83. The summed E-state index contributed by atoms with van der Waals surface area (Å²) in [5.74, 6) is 0.766. The van der Waals surface area contributed by atoms with Crippen molar-refractivity contribution in [1.29, 1.82) is 0 Å². The number of benzene rings is 2. The molecule has 1 fully saturated rings. The monoisotopic (exact) mass is 388 g/mol. The Balaban J connectivity index is 1.59. The van der Waals surface area contributed by atoms with Gasteiger partial charge in [0, 0.05) is 47.4 Å². The molecule has 1 aliphatic rings. The summed E-state index contributed by atoms with van der Waals surface area (Å²) in [5.41, 5.74) is 10.5. The fourth-order valence-electron chi connectivity index (χ4n) is 4.23. The molecule has 29 heavy (non-hydrogen) atoms. The van der Waals surface area contributed by atoms with Gasteiger partial charge in [-0.25, -0.2) is 0 Å². The lowest BCUT2D eigenvalue weighted by molar-refractivity contribution is -0.495. The van der Waals surface area contributed by atoms with Gasteiger partial charge in [-0.3, -0.25) is 9.88 Å². The van der Waals surface area contributed by atoms with Crippen molar-refractivity contribution in [2.45, 2.75) is 25.4 Å². The van der Waals surface area contributed by atoms with E-state index in [0.29, 0.717) is 11.7 Å². The summed E-state index contributed by atoms with van der Waals surface area (Å²) >= 11 is 0. The maximum atomic E-state index is 11.8. The van der Waals surface area contributed by atoms with E-state index in [1.807, 2.05) is 42.6 Å². The van der Waals surface area contributed by atoms with Gasteiger partial charge in [0.1, 0.15) is 17.0 Å². The zero-order chi connectivity index (χ0) is 19.8. The van der Waals surface area contributed by atoms with Crippen molar-refractivity contribution in [2.24, 2.45) is 5.73 Å². The van der Waals surface area contributed by atoms with E-state index in [0.717, 1.165) is 76.6 Å². The summed E-state index contributed by atoms with van der Waals surface area (Å²) < 4.78 is 6.08. The van der Waals surface area contributed by atoms with Crippen molar-refractivity contribution < 1.29 is 9.90 Å². The van der Waals surface area contributed by atoms with Crippen LogP contribution >= 0.6 is 0 Å². The van der Waals surface area contributed by atoms with Gasteiger partial charge in [-0.1, -0.05) is 18.2 Å². The molecule has 6 nitrogen and oxygen atoms in total. The zero-order valence-corrected chi connectivity index (χ0v) is 16.2. The molecule has 6 heteroatoms. The minimum absolute atomic E-state index is 0.305. The average Bonchev–Trinajstić information content (AvgIpc) is 3.18. The Morgan fingerprint density at radius 2 is 1.93 bits per heavy atom. The first-order valence-corrected chi connectivity index (χ1v) is 10.0. The molecule has 1 saturated heterocycles. The Morgan fingerprint density at radius 3 is 2.72 bits per heavy atom. The van der Waals surface area contributed by atoms with Gasteiger partial charge in [0.2, 0.25) is 0 Å². The number of pyridine rings is 1. The van der Waals surface area contributed by atoms with Crippen molar-refractivity contribution in [3.63, 3.8) is 0 Å². The lowest BCUT2D eigenvalue weighted by atomic mass is 10.00. The quantitative estimate of drug-likeness (QED) is 0.413. The van der Waals surface area contributed by atoms with Gasteiger partial charge >= 0.3 is 0 Å². The highest BCUT2D eigenvalue weighted by molar-refractivity contribution is 6.01. The summed E-state index contributed by atoms with van der Waals surface area (Å²) in [4.78, 5) is 6.78. The smallest absolute Gasteiger partial charge is 0.139 e. The number of para-hydroxylation sites is 1. The molecule has 0 atom stereocenters. The Bertz CT molecular complexity index is 1130. The van der Waals surface area contributed by atoms with Crippen LogP contribution in [0.25, 0.3) is 33.1 Å². The Labute approximate surface area is 168 Å². The predicted octanol–water partition coefficient (Wildman–Crippen LogP) is 3.26. The molecule has 0 unspecified atom stereocenters. The van der Waals surface area contributed by atoms with E-state index in [-0.39, 0.29) is 0 Å². The van der Waals surface area contributed by atoms with Crippen molar-refractivity contribution in [3.8, 4) is 11.3 Å². The first-order chi connectivity index (χ1) is 14.2. The topological polar surface area (TPSA) is 95.0 Å². The first kappa shape index (κ1) is 18.3. The Hall–Kier alpha value is -2.77. The molecule has 148 valence electrons. The van der Waals surface area contributed by atoms with Crippen LogP contribution in [0.15, 0.2) is 59.3 Å². The van der Waals surface area contributed by atoms with E-state index >= 15 is 0 Å². The largest absolute Gasteiger partial charge is 0.630 e. The lowest BCUT2D eigenvalue weighted by Crippen LogP contribution is -2.70. The van der Waals surface area contributed by atoms with E-state index in [9.17, 15) is 5.21 Å². The second-order valence-corrected chi connectivity index (χ2v) is 7.85. The first-order valence-electron chi connectivity index (χ1n) is 10.0. The van der Waals surface area contributed by atoms with E-state index in [1.54, 1.807) is 6.20 Å². The number of nitrogens with two attached hydrogens (primary N) is 2. The van der Waals surface area contributed by atoms with Crippen LogP contribution in [-0.2, 0) is 6.54 Å². The minimum atomic E-state index is 0.305. The van der Waals surface area contributed by atoms with Crippen LogP contribution in [0.1, 0.15) is 18.4 Å². The third kappa shape index (κ3) is 3.52. The SMILES string of the molecule is NC1CCN(Cc2cc([NH2+][O-])c3cncc(-c4cc5ccccc5o4)c3c2)CC1. The molecule has 5 rings (SSSR count). The lowest BCUT2D eigenvalue weighted by Gasteiger charge is -2.30. The molecule has 0 saturated carbocycles. The third-order valence-corrected chi connectivity index (χ3v) is 5.83. The molecular formula is C23H24N4O2. The van der Waals surface area contributed by atoms with Gasteiger partial charge in [-0.15, -0.1) is 0 Å². The average molecular weight is 388 g/mol. The van der Waals surface area contributed by atoms with Crippen LogP contribution in [0.2, 0.25) is 0 Å².